The molecule has 0 saturated carbocycles. The summed E-state index contributed by atoms with van der Waals surface area (Å²) >= 11 is 0. The molecule has 0 fully saturated rings. The monoisotopic (exact) mass is 292 g/mol. The van der Waals surface area contributed by atoms with Crippen molar-refractivity contribution in [3.05, 3.63) is 62.8 Å². The molecule has 1 aromatic rings. The van der Waals surface area contributed by atoms with E-state index < -0.39 is 0 Å². The lowest BCUT2D eigenvalue weighted by molar-refractivity contribution is 0.413. The van der Waals surface area contributed by atoms with Crippen molar-refractivity contribution in [3.63, 3.8) is 0 Å². The Morgan fingerprint density at radius 2 is 1.50 bits per heavy atom. The van der Waals surface area contributed by atoms with Crippen molar-refractivity contribution in [2.75, 3.05) is 0 Å². The van der Waals surface area contributed by atoms with E-state index in [9.17, 15) is 0 Å². The van der Waals surface area contributed by atoms with Crippen molar-refractivity contribution in [2.24, 2.45) is 5.92 Å². The molecule has 1 aromatic carbocycles. The second kappa shape index (κ2) is 4.98. The largest absolute Gasteiger partial charge is 0.0795 e. The van der Waals surface area contributed by atoms with Crippen LogP contribution in [0.3, 0.4) is 0 Å². The van der Waals surface area contributed by atoms with Crippen LogP contribution in [0.15, 0.2) is 40.5 Å². The van der Waals surface area contributed by atoms with Crippen LogP contribution in [0.4, 0.5) is 0 Å². The van der Waals surface area contributed by atoms with Crippen molar-refractivity contribution in [1.82, 2.24) is 0 Å². The van der Waals surface area contributed by atoms with Gasteiger partial charge in [-0.25, -0.2) is 0 Å². The molecule has 0 aromatic heterocycles. The van der Waals surface area contributed by atoms with Gasteiger partial charge in [0.2, 0.25) is 0 Å². The summed E-state index contributed by atoms with van der Waals surface area (Å²) < 4.78 is 0. The summed E-state index contributed by atoms with van der Waals surface area (Å²) in [6.07, 6.45) is 5.75. The van der Waals surface area contributed by atoms with Crippen molar-refractivity contribution in [3.8, 4) is 0 Å². The Kier molecular flexibility index (Phi) is 3.47. The molecule has 3 rings (SSSR count). The van der Waals surface area contributed by atoms with Crippen LogP contribution in [0.5, 0.6) is 0 Å². The van der Waals surface area contributed by atoms with Crippen LogP contribution in [0.1, 0.15) is 63.8 Å². The zero-order valence-electron chi connectivity index (χ0n) is 15.1. The number of hydrogen-bond donors (Lipinski definition) is 0. The van der Waals surface area contributed by atoms with E-state index in [0.29, 0.717) is 5.92 Å². The predicted molar refractivity (Wildman–Crippen MR) is 97.2 cm³/mol. The lowest BCUT2D eigenvalue weighted by atomic mass is 9.67. The van der Waals surface area contributed by atoms with Gasteiger partial charge in [0.1, 0.15) is 0 Å². The van der Waals surface area contributed by atoms with Gasteiger partial charge in [-0.05, 0) is 74.4 Å². The first-order valence-corrected chi connectivity index (χ1v) is 8.41. The third kappa shape index (κ3) is 1.96. The maximum absolute atomic E-state index is 2.42. The topological polar surface area (TPSA) is 0 Å². The zero-order chi connectivity index (χ0) is 16.2. The van der Waals surface area contributed by atoms with Crippen molar-refractivity contribution in [2.45, 2.75) is 60.3 Å². The number of benzene rings is 1. The van der Waals surface area contributed by atoms with Crippen LogP contribution in [-0.4, -0.2) is 0 Å². The number of allylic oxidation sites excluding steroid dienone is 5. The third-order valence-corrected chi connectivity index (χ3v) is 6.23. The quantitative estimate of drug-likeness (QED) is 0.613. The summed E-state index contributed by atoms with van der Waals surface area (Å²) in [5.74, 6) is 0.522. The van der Waals surface area contributed by atoms with Gasteiger partial charge in [0.15, 0.2) is 0 Å². The highest BCUT2D eigenvalue weighted by atomic mass is 14.4. The molecule has 2 aliphatic carbocycles. The number of hydrogen-bond acceptors (Lipinski definition) is 0. The van der Waals surface area contributed by atoms with Crippen LogP contribution in [0.2, 0.25) is 0 Å². The van der Waals surface area contributed by atoms with E-state index in [1.54, 1.807) is 11.1 Å². The second-order valence-corrected chi connectivity index (χ2v) is 7.70. The Hall–Kier alpha value is -1.56. The highest BCUT2D eigenvalue weighted by Gasteiger charge is 2.39. The number of rotatable bonds is 2. The standard InChI is InChI=1S/C22H28/c1-13-11-12-20(19-10-8-9-18(13)19)22(6,7)21-16(4)14(2)15(3)17(21)5/h8,10-12,21H,9H2,1-7H3. The van der Waals surface area contributed by atoms with Gasteiger partial charge in [-0.3, -0.25) is 0 Å². The van der Waals surface area contributed by atoms with Gasteiger partial charge in [0.25, 0.3) is 0 Å². The molecule has 0 heteroatoms. The fraction of sp³-hybridized carbons (Fsp3) is 0.455. The Bertz CT molecular complexity index is 712. The first-order valence-electron chi connectivity index (χ1n) is 8.41. The molecule has 0 nitrogen and oxygen atoms in total. The first kappa shape index (κ1) is 15.3. The zero-order valence-corrected chi connectivity index (χ0v) is 15.1. The minimum absolute atomic E-state index is 0.125. The molecule has 0 spiro atoms. The van der Waals surface area contributed by atoms with Crippen LogP contribution < -0.4 is 0 Å². The molecule has 0 amide bonds. The molecule has 22 heavy (non-hydrogen) atoms. The highest BCUT2D eigenvalue weighted by Crippen LogP contribution is 2.49. The molecule has 0 heterocycles. The molecule has 0 aliphatic heterocycles. The molecular weight excluding hydrogens is 264 g/mol. The fourth-order valence-electron chi connectivity index (χ4n) is 4.68. The third-order valence-electron chi connectivity index (χ3n) is 6.23. The Morgan fingerprint density at radius 3 is 2.09 bits per heavy atom. The van der Waals surface area contributed by atoms with E-state index in [4.69, 9.17) is 0 Å². The van der Waals surface area contributed by atoms with E-state index in [0.717, 1.165) is 6.42 Å². The van der Waals surface area contributed by atoms with Gasteiger partial charge in [-0.2, -0.15) is 0 Å². The van der Waals surface area contributed by atoms with Crippen LogP contribution in [0.25, 0.3) is 6.08 Å². The summed E-state index contributed by atoms with van der Waals surface area (Å²) in [7, 11) is 0. The molecule has 0 bridgehead atoms. The first-order chi connectivity index (χ1) is 10.3. The fourth-order valence-corrected chi connectivity index (χ4v) is 4.68. The van der Waals surface area contributed by atoms with E-state index >= 15 is 0 Å². The highest BCUT2D eigenvalue weighted by molar-refractivity contribution is 5.67. The SMILES string of the molecule is CC1=C(C)C(C(C)(C)c2ccc(C)c3c2C=CC3)C(C)=C1C. The molecule has 0 atom stereocenters. The minimum Gasteiger partial charge on any atom is -0.0795 e. The molecule has 2 aliphatic rings. The van der Waals surface area contributed by atoms with Crippen molar-refractivity contribution in [1.29, 1.82) is 0 Å². The van der Waals surface area contributed by atoms with Gasteiger partial charge in [-0.15, -0.1) is 0 Å². The van der Waals surface area contributed by atoms with Crippen molar-refractivity contribution < 1.29 is 0 Å². The van der Waals surface area contributed by atoms with E-state index in [2.05, 4.69) is 72.8 Å². The lowest BCUT2D eigenvalue weighted by Crippen LogP contribution is -2.30. The van der Waals surface area contributed by atoms with Crippen molar-refractivity contribution >= 4 is 6.08 Å². The van der Waals surface area contributed by atoms with Gasteiger partial charge in [0, 0.05) is 11.3 Å². The Labute approximate surface area is 135 Å². The van der Waals surface area contributed by atoms with E-state index in [-0.39, 0.29) is 5.41 Å². The summed E-state index contributed by atoms with van der Waals surface area (Å²) in [4.78, 5) is 0. The summed E-state index contributed by atoms with van der Waals surface area (Å²) in [5.41, 5.74) is 12.2. The predicted octanol–water partition coefficient (Wildman–Crippen LogP) is 6.14. The number of fused-ring (bicyclic) bond motifs is 1. The molecule has 0 saturated heterocycles. The van der Waals surface area contributed by atoms with Gasteiger partial charge in [-0.1, -0.05) is 49.3 Å². The van der Waals surface area contributed by atoms with Crippen LogP contribution in [-0.2, 0) is 11.8 Å². The molecule has 0 radical (unpaired) electrons. The lowest BCUT2D eigenvalue weighted by Gasteiger charge is -2.36. The Balaban J connectivity index is 2.17. The minimum atomic E-state index is 0.125. The Morgan fingerprint density at radius 1 is 0.909 bits per heavy atom. The normalized spacial score (nSPS) is 18.7. The molecule has 116 valence electrons. The molecule has 0 N–H and O–H groups in total. The smallest absolute Gasteiger partial charge is 0.0105 e. The van der Waals surface area contributed by atoms with Crippen LogP contribution in [0, 0.1) is 12.8 Å². The summed E-state index contributed by atoms with van der Waals surface area (Å²) in [5, 5.41) is 0. The van der Waals surface area contributed by atoms with Gasteiger partial charge in [0.05, 0.1) is 0 Å². The average molecular weight is 292 g/mol. The summed E-state index contributed by atoms with van der Waals surface area (Å²) in [6.45, 7) is 16.3. The molecule has 0 unspecified atom stereocenters. The summed E-state index contributed by atoms with van der Waals surface area (Å²) in [6, 6.07) is 4.68. The molecular formula is C22H28. The van der Waals surface area contributed by atoms with Crippen LogP contribution >= 0.6 is 0 Å². The van der Waals surface area contributed by atoms with Gasteiger partial charge < -0.3 is 0 Å². The second-order valence-electron chi connectivity index (χ2n) is 7.70. The maximum Gasteiger partial charge on any atom is 0.0105 e. The van der Waals surface area contributed by atoms with Gasteiger partial charge >= 0.3 is 0 Å². The van der Waals surface area contributed by atoms with E-state index in [1.165, 1.54) is 33.4 Å². The number of aryl methyl sites for hydroxylation is 1. The average Bonchev–Trinajstić information content (AvgIpc) is 3.01. The van der Waals surface area contributed by atoms with E-state index in [1.807, 2.05) is 0 Å². The maximum atomic E-state index is 2.42.